The predicted octanol–water partition coefficient (Wildman–Crippen LogP) is 25.5. The van der Waals surface area contributed by atoms with Gasteiger partial charge in [-0.25, -0.2) is 9.13 Å². The minimum atomic E-state index is -4.96. The van der Waals surface area contributed by atoms with Crippen molar-refractivity contribution in [2.75, 3.05) is 39.6 Å². The Labute approximate surface area is 632 Å². The Balaban J connectivity index is 5.26. The number of ether oxygens (including phenoxy) is 4. The first-order valence-corrected chi connectivity index (χ1v) is 46.5. The maximum atomic E-state index is 13.1. The van der Waals surface area contributed by atoms with E-state index in [0.717, 1.165) is 102 Å². The number of phosphoric acid groups is 2. The Hall–Kier alpha value is -1.94. The van der Waals surface area contributed by atoms with Crippen molar-refractivity contribution < 1.29 is 80.2 Å². The smallest absolute Gasteiger partial charge is 0.462 e. The van der Waals surface area contributed by atoms with Gasteiger partial charge in [-0.15, -0.1) is 0 Å². The number of carbonyl (C=O) groups excluding carboxylic acids is 4. The molecule has 0 bridgehead atoms. The van der Waals surface area contributed by atoms with Gasteiger partial charge < -0.3 is 33.8 Å². The Morgan fingerprint density at radius 3 is 0.738 bits per heavy atom. The quantitative estimate of drug-likeness (QED) is 0.0222. The highest BCUT2D eigenvalue weighted by molar-refractivity contribution is 7.47. The van der Waals surface area contributed by atoms with Gasteiger partial charge in [0, 0.05) is 25.7 Å². The van der Waals surface area contributed by atoms with E-state index in [1.807, 2.05) is 0 Å². The van der Waals surface area contributed by atoms with E-state index in [0.29, 0.717) is 25.7 Å². The second-order valence-electron chi connectivity index (χ2n) is 30.9. The summed E-state index contributed by atoms with van der Waals surface area (Å²) in [4.78, 5) is 73.2. The standard InChI is InChI=1S/C84H164O17P2/c1-7-10-12-14-16-18-20-22-23-24-25-26-30-37-43-49-55-61-67-82(87)95-73-80(100-83(88)68-62-56-50-44-38-31-28-27-29-35-41-47-53-59-65-77(6)9-3)75-99-103(92,93)97-71-78(85)70-96-102(90,91)98-74-79(72-94-81(86)66-60-54-48-42-36-21-19-17-15-13-11-8-2)101-84(89)69-63-57-51-45-39-33-32-34-40-46-52-58-64-76(4)5/h76-80,85H,7-75H2,1-6H3,(H,90,91)(H,92,93)/t77?,78-,79+,80+/m0/s1. The second kappa shape index (κ2) is 75.5. The van der Waals surface area contributed by atoms with Crippen LogP contribution in [0.15, 0.2) is 0 Å². The number of aliphatic hydroxyl groups is 1. The van der Waals surface area contributed by atoms with Crippen LogP contribution >= 0.6 is 15.6 Å². The van der Waals surface area contributed by atoms with Gasteiger partial charge in [0.25, 0.3) is 0 Å². The van der Waals surface area contributed by atoms with Crippen molar-refractivity contribution in [1.82, 2.24) is 0 Å². The first-order chi connectivity index (χ1) is 49.9. The number of rotatable bonds is 83. The molecule has 612 valence electrons. The van der Waals surface area contributed by atoms with Crippen LogP contribution in [0.1, 0.15) is 446 Å². The van der Waals surface area contributed by atoms with Crippen LogP contribution in [0.4, 0.5) is 0 Å². The van der Waals surface area contributed by atoms with Crippen LogP contribution in [0.3, 0.4) is 0 Å². The monoisotopic (exact) mass is 1510 g/mol. The summed E-state index contributed by atoms with van der Waals surface area (Å²) in [5.74, 6) is -0.480. The third-order valence-electron chi connectivity index (χ3n) is 20.1. The lowest BCUT2D eigenvalue weighted by atomic mass is 9.99. The van der Waals surface area contributed by atoms with Crippen LogP contribution in [0, 0.1) is 11.8 Å². The van der Waals surface area contributed by atoms with E-state index in [9.17, 15) is 43.2 Å². The highest BCUT2D eigenvalue weighted by Crippen LogP contribution is 2.45. The molecule has 17 nitrogen and oxygen atoms in total. The summed E-state index contributed by atoms with van der Waals surface area (Å²) in [5, 5.41) is 10.7. The Bertz CT molecular complexity index is 1980. The molecule has 3 N–H and O–H groups in total. The lowest BCUT2D eigenvalue weighted by Gasteiger charge is -2.21. The van der Waals surface area contributed by atoms with Crippen molar-refractivity contribution >= 4 is 39.5 Å². The van der Waals surface area contributed by atoms with E-state index in [2.05, 4.69) is 41.5 Å². The zero-order valence-corrected chi connectivity index (χ0v) is 69.4. The molecular weight excluding hydrogens is 1340 g/mol. The molecule has 0 amide bonds. The van der Waals surface area contributed by atoms with Gasteiger partial charge in [-0.3, -0.25) is 37.3 Å². The molecule has 0 heterocycles. The Morgan fingerprint density at radius 1 is 0.282 bits per heavy atom. The van der Waals surface area contributed by atoms with E-state index in [1.54, 1.807) is 0 Å². The molecule has 0 radical (unpaired) electrons. The third kappa shape index (κ3) is 76.6. The molecule has 0 aliphatic heterocycles. The number of phosphoric ester groups is 2. The molecule has 0 aromatic carbocycles. The average molecular weight is 1510 g/mol. The van der Waals surface area contributed by atoms with Gasteiger partial charge in [0.2, 0.25) is 0 Å². The minimum absolute atomic E-state index is 0.107. The number of hydrogen-bond acceptors (Lipinski definition) is 15. The fourth-order valence-electron chi connectivity index (χ4n) is 13.0. The van der Waals surface area contributed by atoms with Crippen molar-refractivity contribution in [3.63, 3.8) is 0 Å². The molecule has 0 aromatic heterocycles. The van der Waals surface area contributed by atoms with Gasteiger partial charge in [-0.2, -0.15) is 0 Å². The maximum Gasteiger partial charge on any atom is 0.472 e. The lowest BCUT2D eigenvalue weighted by molar-refractivity contribution is -0.161. The topological polar surface area (TPSA) is 237 Å². The summed E-state index contributed by atoms with van der Waals surface area (Å²) in [6, 6.07) is 0. The van der Waals surface area contributed by atoms with Crippen molar-refractivity contribution in [3.05, 3.63) is 0 Å². The molecular formula is C84H164O17P2. The summed E-state index contributed by atoms with van der Waals surface area (Å²) >= 11 is 0. The van der Waals surface area contributed by atoms with Crippen molar-refractivity contribution in [2.24, 2.45) is 11.8 Å². The third-order valence-corrected chi connectivity index (χ3v) is 22.0. The molecule has 0 saturated heterocycles. The zero-order chi connectivity index (χ0) is 75.6. The van der Waals surface area contributed by atoms with E-state index in [1.165, 1.54) is 263 Å². The minimum Gasteiger partial charge on any atom is -0.462 e. The molecule has 0 aliphatic carbocycles. The first kappa shape index (κ1) is 101. The van der Waals surface area contributed by atoms with Gasteiger partial charge >= 0.3 is 39.5 Å². The molecule has 0 saturated carbocycles. The summed E-state index contributed by atoms with van der Waals surface area (Å²) in [7, 11) is -9.93. The fraction of sp³-hybridized carbons (Fsp3) is 0.952. The molecule has 0 aliphatic rings. The van der Waals surface area contributed by atoms with Gasteiger partial charge in [-0.05, 0) is 37.5 Å². The van der Waals surface area contributed by atoms with Crippen LogP contribution < -0.4 is 0 Å². The van der Waals surface area contributed by atoms with Gasteiger partial charge in [0.05, 0.1) is 26.4 Å². The zero-order valence-electron chi connectivity index (χ0n) is 67.6. The van der Waals surface area contributed by atoms with Crippen LogP contribution in [-0.4, -0.2) is 96.7 Å². The molecule has 6 atom stereocenters. The van der Waals surface area contributed by atoms with E-state index < -0.39 is 97.5 Å². The van der Waals surface area contributed by atoms with Crippen LogP contribution in [0.25, 0.3) is 0 Å². The van der Waals surface area contributed by atoms with Gasteiger partial charge in [0.15, 0.2) is 12.2 Å². The summed E-state index contributed by atoms with van der Waals surface area (Å²) in [6.45, 7) is 9.73. The molecule has 0 rings (SSSR count). The molecule has 3 unspecified atom stereocenters. The largest absolute Gasteiger partial charge is 0.472 e. The molecule has 0 spiro atoms. The maximum absolute atomic E-state index is 13.1. The molecule has 0 fully saturated rings. The van der Waals surface area contributed by atoms with Crippen molar-refractivity contribution in [2.45, 2.75) is 464 Å². The number of unbranched alkanes of at least 4 members (excludes halogenated alkanes) is 52. The number of esters is 4. The normalized spacial score (nSPS) is 14.1. The summed E-state index contributed by atoms with van der Waals surface area (Å²) < 4.78 is 68.9. The van der Waals surface area contributed by atoms with E-state index in [-0.39, 0.29) is 25.7 Å². The molecule has 0 aromatic rings. The van der Waals surface area contributed by atoms with Crippen LogP contribution in [0.2, 0.25) is 0 Å². The van der Waals surface area contributed by atoms with E-state index >= 15 is 0 Å². The summed E-state index contributed by atoms with van der Waals surface area (Å²) in [6.07, 6.45) is 66.4. The lowest BCUT2D eigenvalue weighted by Crippen LogP contribution is -2.30. The fourth-order valence-corrected chi connectivity index (χ4v) is 14.6. The number of carbonyl (C=O) groups is 4. The highest BCUT2D eigenvalue weighted by atomic mass is 31.2. The number of hydrogen-bond donors (Lipinski definition) is 3. The van der Waals surface area contributed by atoms with Crippen molar-refractivity contribution in [3.8, 4) is 0 Å². The first-order valence-electron chi connectivity index (χ1n) is 43.5. The Morgan fingerprint density at radius 2 is 0.495 bits per heavy atom. The summed E-state index contributed by atoms with van der Waals surface area (Å²) in [5.41, 5.74) is 0. The van der Waals surface area contributed by atoms with Crippen LogP contribution in [0.5, 0.6) is 0 Å². The van der Waals surface area contributed by atoms with Crippen molar-refractivity contribution in [1.29, 1.82) is 0 Å². The second-order valence-corrected chi connectivity index (χ2v) is 33.8. The molecule has 19 heteroatoms. The van der Waals surface area contributed by atoms with Gasteiger partial charge in [-0.1, -0.05) is 395 Å². The van der Waals surface area contributed by atoms with Crippen LogP contribution in [-0.2, 0) is 65.4 Å². The SMILES string of the molecule is CCCCCCCCCCCCCCCCCCCCC(=O)OC[C@H](COP(=O)(O)OC[C@@H](O)COP(=O)(O)OC[C@@H](COC(=O)CCCCCCCCCCCCCC)OC(=O)CCCCCCCCCCCCCCC(C)C)OC(=O)CCCCCCCCCCCCCCCCC(C)CC. The Kier molecular flexibility index (Phi) is 74.1. The predicted molar refractivity (Wildman–Crippen MR) is 423 cm³/mol. The molecule has 103 heavy (non-hydrogen) atoms. The van der Waals surface area contributed by atoms with Gasteiger partial charge in [0.1, 0.15) is 19.3 Å². The number of aliphatic hydroxyl groups excluding tert-OH is 1. The average Bonchev–Trinajstić information content (AvgIpc) is 0.910. The van der Waals surface area contributed by atoms with E-state index in [4.69, 9.17) is 37.0 Å². The highest BCUT2D eigenvalue weighted by Gasteiger charge is 2.30.